The molecule has 1 unspecified atom stereocenters. The second-order valence-corrected chi connectivity index (χ2v) is 8.28. The summed E-state index contributed by atoms with van der Waals surface area (Å²) in [6.45, 7) is 4.30. The molecular formula is C13H11Br3S. The maximum Gasteiger partial charge on any atom is 0.0704 e. The minimum Gasteiger partial charge on any atom is -0.133 e. The van der Waals surface area contributed by atoms with E-state index in [1.165, 1.54) is 25.4 Å². The predicted molar refractivity (Wildman–Crippen MR) is 86.4 cm³/mol. The highest BCUT2D eigenvalue weighted by Gasteiger charge is 2.17. The van der Waals surface area contributed by atoms with Gasteiger partial charge in [0.25, 0.3) is 0 Å². The van der Waals surface area contributed by atoms with E-state index >= 15 is 0 Å². The molecule has 1 atom stereocenters. The van der Waals surface area contributed by atoms with E-state index in [0.717, 1.165) is 4.47 Å². The van der Waals surface area contributed by atoms with Crippen LogP contribution in [-0.4, -0.2) is 0 Å². The lowest BCUT2D eigenvalue weighted by atomic mass is 10.0. The Bertz CT molecular complexity index is 546. The topological polar surface area (TPSA) is 0 Å². The van der Waals surface area contributed by atoms with Crippen molar-refractivity contribution in [1.29, 1.82) is 0 Å². The lowest BCUT2D eigenvalue weighted by molar-refractivity contribution is 1.13. The van der Waals surface area contributed by atoms with Crippen LogP contribution in [0.5, 0.6) is 0 Å². The Balaban J connectivity index is 2.47. The number of alkyl halides is 1. The van der Waals surface area contributed by atoms with Gasteiger partial charge < -0.3 is 0 Å². The van der Waals surface area contributed by atoms with Gasteiger partial charge in [-0.3, -0.25) is 0 Å². The van der Waals surface area contributed by atoms with Gasteiger partial charge in [-0.25, -0.2) is 0 Å². The predicted octanol–water partition coefficient (Wildman–Crippen LogP) is 6.37. The monoisotopic (exact) mass is 436 g/mol. The van der Waals surface area contributed by atoms with Crippen LogP contribution in [0.2, 0.25) is 0 Å². The molecule has 4 heteroatoms. The molecule has 0 N–H and O–H groups in total. The molecule has 0 saturated carbocycles. The maximum absolute atomic E-state index is 3.81. The number of aryl methyl sites for hydroxylation is 1. The van der Waals surface area contributed by atoms with E-state index < -0.39 is 0 Å². The Hall–Kier alpha value is 0.360. The van der Waals surface area contributed by atoms with Gasteiger partial charge in [-0.2, -0.15) is 0 Å². The van der Waals surface area contributed by atoms with Gasteiger partial charge >= 0.3 is 0 Å². The highest BCUT2D eigenvalue weighted by molar-refractivity contribution is 9.11. The molecule has 0 saturated heterocycles. The van der Waals surface area contributed by atoms with Crippen molar-refractivity contribution in [2.45, 2.75) is 18.7 Å². The average molecular weight is 439 g/mol. The smallest absolute Gasteiger partial charge is 0.0704 e. The summed E-state index contributed by atoms with van der Waals surface area (Å²) in [5.74, 6) is 0. The normalized spacial score (nSPS) is 12.8. The van der Waals surface area contributed by atoms with Crippen molar-refractivity contribution in [2.75, 3.05) is 0 Å². The summed E-state index contributed by atoms with van der Waals surface area (Å²) in [5, 5.41) is 0. The van der Waals surface area contributed by atoms with E-state index in [4.69, 9.17) is 0 Å². The fraction of sp³-hybridized carbons (Fsp3) is 0.231. The van der Waals surface area contributed by atoms with Crippen molar-refractivity contribution in [2.24, 2.45) is 0 Å². The Morgan fingerprint density at radius 3 is 2.41 bits per heavy atom. The lowest BCUT2D eigenvalue weighted by Gasteiger charge is -2.14. The third kappa shape index (κ3) is 2.86. The minimum absolute atomic E-state index is 0.252. The second-order valence-electron chi connectivity index (χ2n) is 3.88. The Morgan fingerprint density at radius 1 is 1.12 bits per heavy atom. The van der Waals surface area contributed by atoms with E-state index in [2.05, 4.69) is 85.9 Å². The van der Waals surface area contributed by atoms with Gasteiger partial charge in [-0.05, 0) is 58.6 Å². The van der Waals surface area contributed by atoms with Crippen molar-refractivity contribution in [3.05, 3.63) is 54.1 Å². The van der Waals surface area contributed by atoms with Gasteiger partial charge in [0.1, 0.15) is 0 Å². The van der Waals surface area contributed by atoms with E-state index in [1.54, 1.807) is 11.3 Å². The molecule has 0 radical (unpaired) electrons. The standard InChI is InChI=1S/C13H11Br3S/c1-7-9(4-3-5-11(7)14)13(16)10-6-12(15)17-8(10)2/h3-6,13H,1-2H3. The quantitative estimate of drug-likeness (QED) is 0.477. The first-order valence-electron chi connectivity index (χ1n) is 5.15. The Kier molecular flexibility index (Phi) is 4.50. The van der Waals surface area contributed by atoms with Gasteiger partial charge in [0, 0.05) is 9.35 Å². The highest BCUT2D eigenvalue weighted by atomic mass is 79.9. The number of thiophene rings is 1. The zero-order valence-electron chi connectivity index (χ0n) is 9.43. The summed E-state index contributed by atoms with van der Waals surface area (Å²) >= 11 is 12.7. The molecule has 1 aromatic carbocycles. The van der Waals surface area contributed by atoms with Crippen LogP contribution in [0.4, 0.5) is 0 Å². The molecule has 0 nitrogen and oxygen atoms in total. The molecule has 2 aromatic rings. The molecule has 0 aliphatic heterocycles. The molecule has 0 aliphatic carbocycles. The molecule has 0 spiro atoms. The molecule has 0 aliphatic rings. The minimum atomic E-state index is 0.252. The summed E-state index contributed by atoms with van der Waals surface area (Å²) in [6, 6.07) is 8.52. The van der Waals surface area contributed by atoms with Crippen molar-refractivity contribution >= 4 is 59.1 Å². The molecule has 2 rings (SSSR count). The van der Waals surface area contributed by atoms with E-state index in [1.807, 2.05) is 0 Å². The third-order valence-corrected chi connectivity index (χ3v) is 6.20. The van der Waals surface area contributed by atoms with Crippen molar-refractivity contribution in [3.8, 4) is 0 Å². The van der Waals surface area contributed by atoms with Gasteiger partial charge in [0.2, 0.25) is 0 Å². The molecule has 0 amide bonds. The molecule has 1 aromatic heterocycles. The molecule has 17 heavy (non-hydrogen) atoms. The van der Waals surface area contributed by atoms with Crippen molar-refractivity contribution in [3.63, 3.8) is 0 Å². The third-order valence-electron chi connectivity index (χ3n) is 2.78. The lowest BCUT2D eigenvalue weighted by Crippen LogP contribution is -1.96. The van der Waals surface area contributed by atoms with Crippen LogP contribution >= 0.6 is 59.1 Å². The fourth-order valence-corrected chi connectivity index (χ4v) is 5.03. The van der Waals surface area contributed by atoms with Gasteiger partial charge in [0.05, 0.1) is 8.61 Å². The zero-order valence-corrected chi connectivity index (χ0v) is 15.0. The van der Waals surface area contributed by atoms with Gasteiger partial charge in [-0.15, -0.1) is 11.3 Å². The van der Waals surface area contributed by atoms with Crippen LogP contribution in [0.1, 0.15) is 26.4 Å². The number of hydrogen-bond donors (Lipinski definition) is 0. The first-order valence-corrected chi connectivity index (χ1v) is 8.47. The van der Waals surface area contributed by atoms with Crippen LogP contribution in [-0.2, 0) is 0 Å². The van der Waals surface area contributed by atoms with Crippen molar-refractivity contribution in [1.82, 2.24) is 0 Å². The summed E-state index contributed by atoms with van der Waals surface area (Å²) in [5.41, 5.74) is 3.94. The molecule has 0 fully saturated rings. The first kappa shape index (κ1) is 13.8. The second kappa shape index (κ2) is 5.55. The van der Waals surface area contributed by atoms with E-state index in [-0.39, 0.29) is 4.83 Å². The number of benzene rings is 1. The van der Waals surface area contributed by atoms with E-state index in [9.17, 15) is 0 Å². The summed E-state index contributed by atoms with van der Waals surface area (Å²) < 4.78 is 2.34. The van der Waals surface area contributed by atoms with Gasteiger partial charge in [-0.1, -0.05) is 44.0 Å². The first-order chi connectivity index (χ1) is 8.00. The van der Waals surface area contributed by atoms with Crippen LogP contribution in [0, 0.1) is 13.8 Å². The zero-order chi connectivity index (χ0) is 12.6. The Morgan fingerprint density at radius 2 is 1.82 bits per heavy atom. The van der Waals surface area contributed by atoms with Crippen LogP contribution in [0.25, 0.3) is 0 Å². The summed E-state index contributed by atoms with van der Waals surface area (Å²) in [4.78, 5) is 1.60. The maximum atomic E-state index is 3.81. The SMILES string of the molecule is Cc1sc(Br)cc1C(Br)c1cccc(Br)c1C. The van der Waals surface area contributed by atoms with Crippen molar-refractivity contribution < 1.29 is 0 Å². The number of rotatable bonds is 2. The average Bonchev–Trinajstić information content (AvgIpc) is 2.61. The molecule has 0 bridgehead atoms. The highest BCUT2D eigenvalue weighted by Crippen LogP contribution is 2.40. The van der Waals surface area contributed by atoms with Crippen LogP contribution in [0.3, 0.4) is 0 Å². The summed E-state index contributed by atoms with van der Waals surface area (Å²) in [7, 11) is 0. The Labute approximate surface area is 131 Å². The van der Waals surface area contributed by atoms with Crippen LogP contribution in [0.15, 0.2) is 32.5 Å². The number of hydrogen-bond acceptors (Lipinski definition) is 1. The summed E-state index contributed by atoms with van der Waals surface area (Å²) in [6.07, 6.45) is 0. The van der Waals surface area contributed by atoms with Crippen LogP contribution < -0.4 is 0 Å². The van der Waals surface area contributed by atoms with E-state index in [0.29, 0.717) is 0 Å². The fourth-order valence-electron chi connectivity index (χ4n) is 1.78. The molecule has 90 valence electrons. The molecular weight excluding hydrogens is 428 g/mol. The molecule has 1 heterocycles. The van der Waals surface area contributed by atoms with Gasteiger partial charge in [0.15, 0.2) is 0 Å². The largest absolute Gasteiger partial charge is 0.133 e. The number of halogens is 3.